The lowest BCUT2D eigenvalue weighted by Crippen LogP contribution is -2.49. The Labute approximate surface area is 140 Å². The molecule has 1 aromatic heterocycles. The Balaban J connectivity index is 1.24. The molecule has 3 aliphatic rings. The Morgan fingerprint density at radius 2 is 2.22 bits per heavy atom. The molecular weight excluding hydrogens is 282 g/mol. The van der Waals surface area contributed by atoms with Crippen molar-refractivity contribution >= 4 is 0 Å². The van der Waals surface area contributed by atoms with Crippen LogP contribution in [0.3, 0.4) is 0 Å². The second kappa shape index (κ2) is 6.74. The molecule has 5 unspecified atom stereocenters. The first kappa shape index (κ1) is 15.3. The normalized spacial score (nSPS) is 36.7. The molecule has 0 spiro atoms. The van der Waals surface area contributed by atoms with Crippen LogP contribution in [0.1, 0.15) is 31.9 Å². The molecule has 1 N–H and O–H groups in total. The van der Waals surface area contributed by atoms with Crippen LogP contribution in [0.25, 0.3) is 0 Å². The van der Waals surface area contributed by atoms with Crippen LogP contribution in [-0.2, 0) is 6.54 Å². The lowest BCUT2D eigenvalue weighted by Gasteiger charge is -2.38. The summed E-state index contributed by atoms with van der Waals surface area (Å²) in [6.45, 7) is 7.00. The van der Waals surface area contributed by atoms with Gasteiger partial charge in [0, 0.05) is 31.9 Å². The van der Waals surface area contributed by atoms with Crippen molar-refractivity contribution in [2.24, 2.45) is 23.7 Å². The van der Waals surface area contributed by atoms with Crippen molar-refractivity contribution in [1.82, 2.24) is 15.2 Å². The first-order chi connectivity index (χ1) is 11.3. The van der Waals surface area contributed by atoms with Crippen LogP contribution in [0.15, 0.2) is 36.5 Å². The van der Waals surface area contributed by atoms with Crippen LogP contribution in [0.2, 0.25) is 0 Å². The van der Waals surface area contributed by atoms with Crippen LogP contribution in [0.4, 0.5) is 0 Å². The minimum absolute atomic E-state index is 0.693. The Hall–Kier alpha value is -1.19. The van der Waals surface area contributed by atoms with E-state index in [2.05, 4.69) is 46.4 Å². The van der Waals surface area contributed by atoms with E-state index in [0.717, 1.165) is 30.2 Å². The number of allylic oxidation sites excluding steroid dienone is 2. The molecule has 0 aromatic carbocycles. The van der Waals surface area contributed by atoms with E-state index in [1.165, 1.54) is 44.6 Å². The zero-order chi connectivity index (χ0) is 15.6. The molecule has 4 rings (SSSR count). The maximum Gasteiger partial charge on any atom is 0.0543 e. The second-order valence-corrected chi connectivity index (χ2v) is 7.88. The minimum atomic E-state index is 0.693. The number of likely N-dealkylation sites (tertiary alicyclic amines) is 1. The van der Waals surface area contributed by atoms with Gasteiger partial charge < -0.3 is 5.32 Å². The Kier molecular flexibility index (Phi) is 4.50. The third-order valence-corrected chi connectivity index (χ3v) is 6.16. The largest absolute Gasteiger partial charge is 0.313 e. The summed E-state index contributed by atoms with van der Waals surface area (Å²) in [5, 5.41) is 3.91. The van der Waals surface area contributed by atoms with E-state index in [9.17, 15) is 0 Å². The fourth-order valence-corrected chi connectivity index (χ4v) is 4.83. The van der Waals surface area contributed by atoms with Crippen LogP contribution in [0, 0.1) is 23.7 Å². The molecule has 2 heterocycles. The number of aromatic nitrogens is 1. The molecule has 2 aliphatic carbocycles. The molecule has 23 heavy (non-hydrogen) atoms. The van der Waals surface area contributed by atoms with Gasteiger partial charge in [-0.1, -0.05) is 25.1 Å². The van der Waals surface area contributed by atoms with E-state index in [1.807, 2.05) is 12.3 Å². The van der Waals surface area contributed by atoms with Crippen molar-refractivity contribution < 1.29 is 0 Å². The maximum absolute atomic E-state index is 4.46. The van der Waals surface area contributed by atoms with Gasteiger partial charge in [0.15, 0.2) is 0 Å². The summed E-state index contributed by atoms with van der Waals surface area (Å²) >= 11 is 0. The standard InChI is InChI=1S/C20H29N3/c1-15-13-23(14-19-4-2-3-8-21-19)9-7-20(15)22-12-18-11-16-5-6-17(18)10-16/h2-6,8,15-18,20,22H,7,9-14H2,1H3. The SMILES string of the molecule is CC1CN(Cc2ccccn2)CCC1NCC1CC2C=CC1C2. The monoisotopic (exact) mass is 311 g/mol. The predicted molar refractivity (Wildman–Crippen MR) is 93.9 cm³/mol. The van der Waals surface area contributed by atoms with Gasteiger partial charge in [0.2, 0.25) is 0 Å². The maximum atomic E-state index is 4.46. The summed E-state index contributed by atoms with van der Waals surface area (Å²) in [6.07, 6.45) is 10.9. The van der Waals surface area contributed by atoms with Crippen molar-refractivity contribution in [2.45, 2.75) is 38.8 Å². The highest BCUT2D eigenvalue weighted by Gasteiger charge is 2.36. The first-order valence-corrected chi connectivity index (χ1v) is 9.32. The summed E-state index contributed by atoms with van der Waals surface area (Å²) in [4.78, 5) is 7.02. The fraction of sp³-hybridized carbons (Fsp3) is 0.650. The lowest BCUT2D eigenvalue weighted by atomic mass is 9.90. The van der Waals surface area contributed by atoms with E-state index >= 15 is 0 Å². The first-order valence-electron chi connectivity index (χ1n) is 9.32. The molecule has 3 heteroatoms. The zero-order valence-corrected chi connectivity index (χ0v) is 14.2. The van der Waals surface area contributed by atoms with Gasteiger partial charge in [-0.05, 0) is 61.6 Å². The van der Waals surface area contributed by atoms with E-state index in [4.69, 9.17) is 0 Å². The highest BCUT2D eigenvalue weighted by atomic mass is 15.2. The highest BCUT2D eigenvalue weighted by molar-refractivity contribution is 5.10. The third-order valence-electron chi connectivity index (χ3n) is 6.16. The van der Waals surface area contributed by atoms with Crippen molar-refractivity contribution in [3.63, 3.8) is 0 Å². The van der Waals surface area contributed by atoms with Crippen LogP contribution in [-0.4, -0.2) is 35.6 Å². The van der Waals surface area contributed by atoms with Crippen LogP contribution >= 0.6 is 0 Å². The van der Waals surface area contributed by atoms with Crippen molar-refractivity contribution in [1.29, 1.82) is 0 Å². The predicted octanol–water partition coefficient (Wildman–Crippen LogP) is 3.09. The van der Waals surface area contributed by atoms with Gasteiger partial charge in [-0.25, -0.2) is 0 Å². The number of piperidine rings is 1. The van der Waals surface area contributed by atoms with Gasteiger partial charge in [0.05, 0.1) is 5.69 Å². The molecule has 0 radical (unpaired) electrons. The topological polar surface area (TPSA) is 28.2 Å². The number of pyridine rings is 1. The Morgan fingerprint density at radius 1 is 1.26 bits per heavy atom. The number of hydrogen-bond acceptors (Lipinski definition) is 3. The molecule has 2 bridgehead atoms. The van der Waals surface area contributed by atoms with Gasteiger partial charge in [-0.2, -0.15) is 0 Å². The van der Waals surface area contributed by atoms with E-state index in [0.29, 0.717) is 6.04 Å². The molecule has 0 amide bonds. The number of nitrogens with zero attached hydrogens (tertiary/aromatic N) is 2. The Morgan fingerprint density at radius 3 is 2.91 bits per heavy atom. The second-order valence-electron chi connectivity index (χ2n) is 7.88. The fourth-order valence-electron chi connectivity index (χ4n) is 4.83. The quantitative estimate of drug-likeness (QED) is 0.847. The van der Waals surface area contributed by atoms with Crippen molar-refractivity contribution in [3.05, 3.63) is 42.2 Å². The summed E-state index contributed by atoms with van der Waals surface area (Å²) in [5.41, 5.74) is 1.19. The molecular formula is C20H29N3. The number of rotatable bonds is 5. The van der Waals surface area contributed by atoms with Crippen molar-refractivity contribution in [3.8, 4) is 0 Å². The van der Waals surface area contributed by atoms with Crippen LogP contribution < -0.4 is 5.32 Å². The number of fused-ring (bicyclic) bond motifs is 2. The minimum Gasteiger partial charge on any atom is -0.313 e. The molecule has 124 valence electrons. The smallest absolute Gasteiger partial charge is 0.0543 e. The summed E-state index contributed by atoms with van der Waals surface area (Å²) in [5.74, 6) is 3.38. The average molecular weight is 311 g/mol. The lowest BCUT2D eigenvalue weighted by molar-refractivity contribution is 0.136. The zero-order valence-electron chi connectivity index (χ0n) is 14.2. The highest BCUT2D eigenvalue weighted by Crippen LogP contribution is 2.43. The third kappa shape index (κ3) is 3.51. The number of hydrogen-bond donors (Lipinski definition) is 1. The molecule has 1 aromatic rings. The molecule has 1 aliphatic heterocycles. The van der Waals surface area contributed by atoms with Crippen LogP contribution in [0.5, 0.6) is 0 Å². The summed E-state index contributed by atoms with van der Waals surface area (Å²) < 4.78 is 0. The van der Waals surface area contributed by atoms with Crippen molar-refractivity contribution in [2.75, 3.05) is 19.6 Å². The van der Waals surface area contributed by atoms with Gasteiger partial charge in [-0.15, -0.1) is 0 Å². The van der Waals surface area contributed by atoms with Gasteiger partial charge in [0.1, 0.15) is 0 Å². The molecule has 1 saturated heterocycles. The van der Waals surface area contributed by atoms with Gasteiger partial charge in [-0.3, -0.25) is 9.88 Å². The van der Waals surface area contributed by atoms with Gasteiger partial charge >= 0.3 is 0 Å². The number of nitrogens with one attached hydrogen (secondary N) is 1. The molecule has 3 nitrogen and oxygen atoms in total. The molecule has 1 saturated carbocycles. The van der Waals surface area contributed by atoms with E-state index < -0.39 is 0 Å². The molecule has 5 atom stereocenters. The average Bonchev–Trinajstić information content (AvgIpc) is 3.18. The Bertz CT molecular complexity index is 541. The molecule has 2 fully saturated rings. The van der Waals surface area contributed by atoms with Gasteiger partial charge in [0.25, 0.3) is 0 Å². The van der Waals surface area contributed by atoms with E-state index in [-0.39, 0.29) is 0 Å². The summed E-state index contributed by atoms with van der Waals surface area (Å²) in [6, 6.07) is 6.91. The summed E-state index contributed by atoms with van der Waals surface area (Å²) in [7, 11) is 0. The van der Waals surface area contributed by atoms with E-state index in [1.54, 1.807) is 0 Å².